The molecule has 3 aromatic rings. The van der Waals surface area contributed by atoms with Crippen LogP contribution in [0.4, 0.5) is 0 Å². The number of carbonyl (C=O) groups is 5. The maximum atomic E-state index is 14.7. The van der Waals surface area contributed by atoms with E-state index in [0.717, 1.165) is 30.4 Å². The van der Waals surface area contributed by atoms with E-state index in [1.165, 1.54) is 38.1 Å². The van der Waals surface area contributed by atoms with Gasteiger partial charge in [-0.3, -0.25) is 24.0 Å². The van der Waals surface area contributed by atoms with Crippen molar-refractivity contribution in [3.05, 3.63) is 82.4 Å². The average Bonchev–Trinajstić information content (AvgIpc) is 3.25. The van der Waals surface area contributed by atoms with Crippen molar-refractivity contribution in [2.24, 2.45) is 17.2 Å². The van der Waals surface area contributed by atoms with Gasteiger partial charge in [-0.25, -0.2) is 0 Å². The highest BCUT2D eigenvalue weighted by Crippen LogP contribution is 2.40. The molecule has 0 radical (unpaired) electrons. The number of benzene rings is 3. The van der Waals surface area contributed by atoms with Crippen molar-refractivity contribution < 1.29 is 33.4 Å². The Bertz CT molecular complexity index is 1990. The standard InChI is InChI=1S/C46H67N9O7/c1-6-7-8-9-10-11-31-12-15-34(29(2)24-31)43(57)53-37(18-21-50-4)46(60)55(5)41-33-14-17-40(62-23-20-48)36(27-33)35-25-32(13-16-39(35)61-22-19-47)26-38(44(58)51-28-49)54-42(56)30(3)52-45(41)59/h12-17,24-25,27,30,37-38,41,50H,6-11,18-23,26,28,47-49H2,1-5H3,(H,51,58)(H,52,59)(H,53,57)(H,54,56)/t30-,37?,38?,41?/m0/s1. The first-order valence-corrected chi connectivity index (χ1v) is 21.7. The van der Waals surface area contributed by atoms with Gasteiger partial charge in [-0.2, -0.15) is 0 Å². The second kappa shape index (κ2) is 24.8. The van der Waals surface area contributed by atoms with Gasteiger partial charge in [0.05, 0.1) is 6.67 Å². The molecule has 4 bridgehead atoms. The van der Waals surface area contributed by atoms with E-state index in [1.54, 1.807) is 43.4 Å². The highest BCUT2D eigenvalue weighted by atomic mass is 16.5. The summed E-state index contributed by atoms with van der Waals surface area (Å²) < 4.78 is 12.2. The molecule has 5 amide bonds. The van der Waals surface area contributed by atoms with Gasteiger partial charge in [0.1, 0.15) is 48.9 Å². The Labute approximate surface area is 365 Å². The van der Waals surface area contributed by atoms with Gasteiger partial charge in [0.25, 0.3) is 5.91 Å². The van der Waals surface area contributed by atoms with Crippen molar-refractivity contribution in [2.45, 2.75) is 96.3 Å². The number of nitrogens with two attached hydrogens (primary N) is 3. The van der Waals surface area contributed by atoms with E-state index in [2.05, 4.69) is 33.5 Å². The molecule has 0 aliphatic carbocycles. The predicted octanol–water partition coefficient (Wildman–Crippen LogP) is 2.34. The van der Waals surface area contributed by atoms with Crippen molar-refractivity contribution in [1.29, 1.82) is 0 Å². The summed E-state index contributed by atoms with van der Waals surface area (Å²) in [5.74, 6) is -1.92. The Morgan fingerprint density at radius 2 is 1.55 bits per heavy atom. The van der Waals surface area contributed by atoms with E-state index in [9.17, 15) is 24.0 Å². The number of aryl methyl sites for hydroxylation is 2. The highest BCUT2D eigenvalue weighted by molar-refractivity contribution is 6.00. The zero-order valence-electron chi connectivity index (χ0n) is 36.9. The minimum absolute atomic E-state index is 0.0729. The molecular weight excluding hydrogens is 791 g/mol. The molecule has 0 saturated heterocycles. The van der Waals surface area contributed by atoms with E-state index in [-0.39, 0.29) is 45.8 Å². The maximum Gasteiger partial charge on any atom is 0.252 e. The summed E-state index contributed by atoms with van der Waals surface area (Å²) in [4.78, 5) is 71.4. The number of amides is 5. The van der Waals surface area contributed by atoms with Gasteiger partial charge in [0.15, 0.2) is 0 Å². The second-order valence-corrected chi connectivity index (χ2v) is 15.7. The predicted molar refractivity (Wildman–Crippen MR) is 240 cm³/mol. The van der Waals surface area contributed by atoms with Crippen LogP contribution in [0.15, 0.2) is 54.6 Å². The van der Waals surface area contributed by atoms with E-state index < -0.39 is 53.7 Å². The fourth-order valence-corrected chi connectivity index (χ4v) is 7.53. The lowest BCUT2D eigenvalue weighted by Crippen LogP contribution is -2.56. The van der Waals surface area contributed by atoms with Gasteiger partial charge in [0, 0.05) is 43.2 Å². The Morgan fingerprint density at radius 1 is 0.871 bits per heavy atom. The van der Waals surface area contributed by atoms with E-state index in [1.807, 2.05) is 25.1 Å². The van der Waals surface area contributed by atoms with Crippen LogP contribution in [0.3, 0.4) is 0 Å². The van der Waals surface area contributed by atoms with Crippen LogP contribution in [0.5, 0.6) is 11.5 Å². The lowest BCUT2D eigenvalue weighted by Gasteiger charge is -2.33. The number of hydrogen-bond donors (Lipinski definition) is 8. The van der Waals surface area contributed by atoms with Gasteiger partial charge in [-0.05, 0) is 99.3 Å². The number of likely N-dealkylation sites (N-methyl/N-ethyl adjacent to an activating group) is 1. The molecule has 1 heterocycles. The third-order valence-electron chi connectivity index (χ3n) is 10.9. The van der Waals surface area contributed by atoms with Crippen LogP contribution in [0.2, 0.25) is 0 Å². The van der Waals surface area contributed by atoms with Crippen LogP contribution >= 0.6 is 0 Å². The number of carbonyl (C=O) groups excluding carboxylic acids is 5. The summed E-state index contributed by atoms with van der Waals surface area (Å²) in [5, 5.41) is 14.1. The monoisotopic (exact) mass is 858 g/mol. The molecule has 4 rings (SSSR count). The number of rotatable bonds is 21. The third-order valence-corrected chi connectivity index (χ3v) is 10.9. The smallest absolute Gasteiger partial charge is 0.252 e. The number of nitrogens with one attached hydrogen (secondary N) is 5. The van der Waals surface area contributed by atoms with E-state index in [4.69, 9.17) is 26.7 Å². The molecule has 338 valence electrons. The molecule has 1 aliphatic heterocycles. The van der Waals surface area contributed by atoms with Crippen LogP contribution < -0.4 is 53.3 Å². The van der Waals surface area contributed by atoms with Crippen LogP contribution in [-0.4, -0.2) is 106 Å². The number of fused-ring (bicyclic) bond motifs is 5. The van der Waals surface area contributed by atoms with Crippen molar-refractivity contribution >= 4 is 29.5 Å². The molecular formula is C46H67N9O7. The Kier molecular flexibility index (Phi) is 19.6. The van der Waals surface area contributed by atoms with Gasteiger partial charge in [-0.15, -0.1) is 0 Å². The molecule has 0 saturated carbocycles. The van der Waals surface area contributed by atoms with Gasteiger partial charge < -0.3 is 58.2 Å². The summed E-state index contributed by atoms with van der Waals surface area (Å²) in [6.45, 7) is 6.60. The third kappa shape index (κ3) is 13.5. The SMILES string of the molecule is CCCCCCCc1ccc(C(=O)NC(CCNC)C(=O)N(C)C2C(=O)N[C@@H](C)C(=O)NC(C(=O)NCN)Cc3ccc(OCCN)c(c3)-c3cc2ccc3OCCN)c(C)c1. The van der Waals surface area contributed by atoms with Crippen molar-refractivity contribution in [1.82, 2.24) is 31.5 Å². The minimum atomic E-state index is -1.32. The van der Waals surface area contributed by atoms with Crippen molar-refractivity contribution in [3.8, 4) is 22.6 Å². The first-order chi connectivity index (χ1) is 29.9. The molecule has 62 heavy (non-hydrogen) atoms. The molecule has 16 heteroatoms. The lowest BCUT2D eigenvalue weighted by molar-refractivity contribution is -0.141. The van der Waals surface area contributed by atoms with Crippen LogP contribution in [0.25, 0.3) is 11.1 Å². The van der Waals surface area contributed by atoms with Crippen molar-refractivity contribution in [3.63, 3.8) is 0 Å². The van der Waals surface area contributed by atoms with Crippen LogP contribution in [0.1, 0.15) is 91.0 Å². The maximum absolute atomic E-state index is 14.7. The lowest BCUT2D eigenvalue weighted by atomic mass is 9.93. The summed E-state index contributed by atoms with van der Waals surface area (Å²) >= 11 is 0. The Morgan fingerprint density at radius 3 is 2.19 bits per heavy atom. The normalized spacial score (nSPS) is 16.9. The second-order valence-electron chi connectivity index (χ2n) is 15.7. The minimum Gasteiger partial charge on any atom is -0.492 e. The van der Waals surface area contributed by atoms with Crippen molar-refractivity contribution in [2.75, 3.05) is 53.6 Å². The number of ether oxygens (including phenoxy) is 2. The Balaban J connectivity index is 1.79. The zero-order chi connectivity index (χ0) is 45.2. The molecule has 0 fully saturated rings. The molecule has 1 aliphatic rings. The highest BCUT2D eigenvalue weighted by Gasteiger charge is 2.36. The quantitative estimate of drug-likeness (QED) is 0.0571. The number of unbranched alkanes of at least 4 members (excludes halogenated alkanes) is 4. The summed E-state index contributed by atoms with van der Waals surface area (Å²) in [5.41, 5.74) is 21.8. The summed E-state index contributed by atoms with van der Waals surface area (Å²) in [6, 6.07) is 11.7. The molecule has 3 aromatic carbocycles. The Hall–Kier alpha value is -5.55. The van der Waals surface area contributed by atoms with Gasteiger partial charge in [0.2, 0.25) is 23.6 Å². The number of hydrogen-bond acceptors (Lipinski definition) is 11. The van der Waals surface area contributed by atoms with Crippen LogP contribution in [-0.2, 0) is 32.0 Å². The molecule has 4 atom stereocenters. The fraction of sp³-hybridized carbons (Fsp3) is 0.500. The summed E-state index contributed by atoms with van der Waals surface area (Å²) in [7, 11) is 3.23. The first kappa shape index (κ1) is 49.1. The average molecular weight is 858 g/mol. The number of nitrogens with zero attached hydrogens (tertiary/aromatic N) is 1. The first-order valence-electron chi connectivity index (χ1n) is 21.7. The largest absolute Gasteiger partial charge is 0.492 e. The van der Waals surface area contributed by atoms with Gasteiger partial charge >= 0.3 is 0 Å². The molecule has 11 N–H and O–H groups in total. The summed E-state index contributed by atoms with van der Waals surface area (Å²) in [6.07, 6.45) is 7.04. The zero-order valence-corrected chi connectivity index (χ0v) is 36.9. The molecule has 3 unspecified atom stereocenters. The molecule has 16 nitrogen and oxygen atoms in total. The topological polar surface area (TPSA) is 245 Å². The van der Waals surface area contributed by atoms with Gasteiger partial charge in [-0.1, -0.05) is 56.9 Å². The van der Waals surface area contributed by atoms with E-state index in [0.29, 0.717) is 45.9 Å². The molecule has 0 aromatic heterocycles. The molecule has 0 spiro atoms. The van der Waals surface area contributed by atoms with Crippen LogP contribution in [0, 0.1) is 6.92 Å². The fourth-order valence-electron chi connectivity index (χ4n) is 7.53. The van der Waals surface area contributed by atoms with E-state index >= 15 is 0 Å².